The molecule has 12 heteroatoms. The summed E-state index contributed by atoms with van der Waals surface area (Å²) in [5, 5.41) is 1.91. The SMILES string of the molecule is CS(=O)(=O)N(CC(=O)Nc1cc(C(F)(F)F)cc(C(F)(F)F)c1)Cc1ccccc1. The molecule has 0 spiro atoms. The van der Waals surface area contributed by atoms with Gasteiger partial charge in [0.15, 0.2) is 0 Å². The first-order valence-electron chi connectivity index (χ1n) is 8.24. The number of amides is 1. The van der Waals surface area contributed by atoms with Crippen LogP contribution in [0.15, 0.2) is 48.5 Å². The van der Waals surface area contributed by atoms with E-state index in [2.05, 4.69) is 0 Å². The van der Waals surface area contributed by atoms with Crippen molar-refractivity contribution in [2.24, 2.45) is 0 Å². The zero-order valence-corrected chi connectivity index (χ0v) is 16.2. The van der Waals surface area contributed by atoms with E-state index in [1.807, 2.05) is 5.32 Å². The molecule has 5 nitrogen and oxygen atoms in total. The van der Waals surface area contributed by atoms with Gasteiger partial charge in [-0.15, -0.1) is 0 Å². The lowest BCUT2D eigenvalue weighted by Gasteiger charge is -2.20. The molecule has 2 aromatic carbocycles. The van der Waals surface area contributed by atoms with Gasteiger partial charge in [-0.25, -0.2) is 8.42 Å². The van der Waals surface area contributed by atoms with Crippen molar-refractivity contribution in [2.75, 3.05) is 18.1 Å². The van der Waals surface area contributed by atoms with Gasteiger partial charge in [-0.2, -0.15) is 30.6 Å². The molecule has 0 atom stereocenters. The van der Waals surface area contributed by atoms with Crippen molar-refractivity contribution in [2.45, 2.75) is 18.9 Å². The van der Waals surface area contributed by atoms with Crippen molar-refractivity contribution >= 4 is 21.6 Å². The first kappa shape index (κ1) is 23.7. The standard InChI is InChI=1S/C18H16F6N2O3S/c1-30(28,29)26(10-12-5-3-2-4-6-12)11-16(27)25-15-8-13(17(19,20)21)7-14(9-15)18(22,23)24/h2-9H,10-11H2,1H3,(H,25,27). The molecule has 0 aromatic heterocycles. The summed E-state index contributed by atoms with van der Waals surface area (Å²) in [4.78, 5) is 12.2. The Kier molecular flexibility index (Phi) is 6.82. The van der Waals surface area contributed by atoms with E-state index in [-0.39, 0.29) is 12.6 Å². The molecule has 0 aliphatic carbocycles. The number of hydrogen-bond acceptors (Lipinski definition) is 3. The first-order chi connectivity index (χ1) is 13.7. The van der Waals surface area contributed by atoms with Gasteiger partial charge < -0.3 is 5.32 Å². The van der Waals surface area contributed by atoms with E-state index < -0.39 is 51.6 Å². The van der Waals surface area contributed by atoms with Gasteiger partial charge in [0, 0.05) is 12.2 Å². The normalized spacial score (nSPS) is 12.8. The molecule has 0 heterocycles. The minimum Gasteiger partial charge on any atom is -0.325 e. The van der Waals surface area contributed by atoms with Crippen LogP contribution in [0.4, 0.5) is 32.0 Å². The molecular weight excluding hydrogens is 438 g/mol. The molecule has 2 aromatic rings. The third-order valence-corrected chi connectivity index (χ3v) is 5.06. The van der Waals surface area contributed by atoms with Crippen molar-refractivity contribution in [3.63, 3.8) is 0 Å². The minimum absolute atomic E-state index is 0.0755. The van der Waals surface area contributed by atoms with Gasteiger partial charge in [0.25, 0.3) is 0 Å². The van der Waals surface area contributed by atoms with Crippen LogP contribution in [0.3, 0.4) is 0 Å². The molecule has 0 aliphatic heterocycles. The number of anilines is 1. The van der Waals surface area contributed by atoms with Crippen LogP contribution in [-0.4, -0.2) is 31.4 Å². The van der Waals surface area contributed by atoms with E-state index in [1.165, 1.54) is 0 Å². The molecule has 2 rings (SSSR count). The van der Waals surface area contributed by atoms with Crippen molar-refractivity contribution in [3.8, 4) is 0 Å². The Morgan fingerprint density at radius 1 is 0.933 bits per heavy atom. The smallest absolute Gasteiger partial charge is 0.325 e. The maximum Gasteiger partial charge on any atom is 0.416 e. The predicted molar refractivity (Wildman–Crippen MR) is 96.8 cm³/mol. The molecule has 0 saturated carbocycles. The average Bonchev–Trinajstić information content (AvgIpc) is 2.59. The number of hydrogen-bond donors (Lipinski definition) is 1. The summed E-state index contributed by atoms with van der Waals surface area (Å²) < 4.78 is 102. The molecule has 0 saturated heterocycles. The Hall–Kier alpha value is -2.60. The minimum atomic E-state index is -5.08. The number of carbonyl (C=O) groups is 1. The summed E-state index contributed by atoms with van der Waals surface area (Å²) in [7, 11) is -3.90. The second-order valence-corrected chi connectivity index (χ2v) is 8.34. The summed E-state index contributed by atoms with van der Waals surface area (Å²) in [6.45, 7) is -1.01. The van der Waals surface area contributed by atoms with Crippen LogP contribution >= 0.6 is 0 Å². The molecule has 0 fully saturated rings. The summed E-state index contributed by atoms with van der Waals surface area (Å²) in [6, 6.07) is 8.76. The van der Waals surface area contributed by atoms with Crippen LogP contribution in [0.25, 0.3) is 0 Å². The van der Waals surface area contributed by atoms with Crippen molar-refractivity contribution < 1.29 is 39.6 Å². The fraction of sp³-hybridized carbons (Fsp3) is 0.278. The number of sulfonamides is 1. The molecule has 1 amide bonds. The monoisotopic (exact) mass is 454 g/mol. The number of alkyl halides is 6. The molecule has 0 unspecified atom stereocenters. The quantitative estimate of drug-likeness (QED) is 0.668. The largest absolute Gasteiger partial charge is 0.416 e. The number of carbonyl (C=O) groups excluding carboxylic acids is 1. The Bertz CT molecular complexity index is 973. The fourth-order valence-corrected chi connectivity index (χ4v) is 3.20. The third kappa shape index (κ3) is 6.73. The molecule has 30 heavy (non-hydrogen) atoms. The van der Waals surface area contributed by atoms with Gasteiger partial charge in [-0.1, -0.05) is 30.3 Å². The Morgan fingerprint density at radius 3 is 1.87 bits per heavy atom. The Labute approximate surface area is 168 Å². The predicted octanol–water partition coefficient (Wildman–Crippen LogP) is 4.12. The van der Waals surface area contributed by atoms with Gasteiger partial charge in [-0.05, 0) is 23.8 Å². The molecule has 0 bridgehead atoms. The van der Waals surface area contributed by atoms with Crippen LogP contribution in [0.1, 0.15) is 16.7 Å². The van der Waals surface area contributed by atoms with Gasteiger partial charge in [0.2, 0.25) is 15.9 Å². The van der Waals surface area contributed by atoms with Gasteiger partial charge in [0.05, 0.1) is 23.9 Å². The van der Waals surface area contributed by atoms with Crippen molar-refractivity contribution in [1.29, 1.82) is 0 Å². The summed E-state index contributed by atoms with van der Waals surface area (Å²) in [5.41, 5.74) is -3.42. The van der Waals surface area contributed by atoms with E-state index in [9.17, 15) is 39.6 Å². The zero-order chi connectivity index (χ0) is 22.7. The number of benzene rings is 2. The maximum atomic E-state index is 12.9. The highest BCUT2D eigenvalue weighted by Gasteiger charge is 2.37. The van der Waals surface area contributed by atoms with Crippen molar-refractivity contribution in [1.82, 2.24) is 4.31 Å². The van der Waals surface area contributed by atoms with E-state index in [0.717, 1.165) is 10.6 Å². The maximum absolute atomic E-state index is 12.9. The second kappa shape index (κ2) is 8.64. The summed E-state index contributed by atoms with van der Waals surface area (Å²) in [5.74, 6) is -1.09. The Morgan fingerprint density at radius 2 is 1.43 bits per heavy atom. The third-order valence-electron chi connectivity index (χ3n) is 3.86. The van der Waals surface area contributed by atoms with E-state index in [0.29, 0.717) is 17.7 Å². The topological polar surface area (TPSA) is 66.5 Å². The number of halogens is 6. The zero-order valence-electron chi connectivity index (χ0n) is 15.4. The van der Waals surface area contributed by atoms with Crippen LogP contribution in [-0.2, 0) is 33.7 Å². The fourth-order valence-electron chi connectivity index (χ4n) is 2.47. The molecule has 0 radical (unpaired) electrons. The summed E-state index contributed by atoms with van der Waals surface area (Å²) >= 11 is 0. The highest BCUT2D eigenvalue weighted by molar-refractivity contribution is 7.88. The number of nitrogens with zero attached hydrogens (tertiary/aromatic N) is 1. The van der Waals surface area contributed by atoms with E-state index >= 15 is 0 Å². The van der Waals surface area contributed by atoms with Crippen molar-refractivity contribution in [3.05, 3.63) is 65.2 Å². The molecule has 164 valence electrons. The molecule has 1 N–H and O–H groups in total. The lowest BCUT2D eigenvalue weighted by molar-refractivity contribution is -0.143. The van der Waals surface area contributed by atoms with Crippen LogP contribution < -0.4 is 5.32 Å². The van der Waals surface area contributed by atoms with Crippen LogP contribution in [0, 0.1) is 0 Å². The second-order valence-electron chi connectivity index (χ2n) is 6.36. The van der Waals surface area contributed by atoms with Gasteiger partial charge >= 0.3 is 12.4 Å². The van der Waals surface area contributed by atoms with E-state index in [1.54, 1.807) is 30.3 Å². The average molecular weight is 454 g/mol. The summed E-state index contributed by atoms with van der Waals surface area (Å²) in [6.07, 6.45) is -9.32. The molecular formula is C18H16F6N2O3S. The van der Waals surface area contributed by atoms with Crippen LogP contribution in [0.2, 0.25) is 0 Å². The lowest BCUT2D eigenvalue weighted by Crippen LogP contribution is -2.37. The highest BCUT2D eigenvalue weighted by Crippen LogP contribution is 2.37. The first-order valence-corrected chi connectivity index (χ1v) is 10.1. The van der Waals surface area contributed by atoms with Gasteiger partial charge in [0.1, 0.15) is 0 Å². The number of rotatable bonds is 6. The van der Waals surface area contributed by atoms with E-state index in [4.69, 9.17) is 0 Å². The van der Waals surface area contributed by atoms with Crippen LogP contribution in [0.5, 0.6) is 0 Å². The molecule has 0 aliphatic rings. The Balaban J connectivity index is 2.27. The van der Waals surface area contributed by atoms with Gasteiger partial charge in [-0.3, -0.25) is 4.79 Å². The number of nitrogens with one attached hydrogen (secondary N) is 1. The highest BCUT2D eigenvalue weighted by atomic mass is 32.2. The lowest BCUT2D eigenvalue weighted by atomic mass is 10.1.